The lowest BCUT2D eigenvalue weighted by atomic mass is 9.99. The van der Waals surface area contributed by atoms with E-state index in [1.807, 2.05) is 0 Å². The first-order valence-electron chi connectivity index (χ1n) is 13.4. The number of phenols is 2. The van der Waals surface area contributed by atoms with Crippen LogP contribution in [0.4, 0.5) is 0 Å². The van der Waals surface area contributed by atoms with Crippen LogP contribution in [0.3, 0.4) is 0 Å². The third-order valence-electron chi connectivity index (χ3n) is 7.49. The zero-order valence-electron chi connectivity index (χ0n) is 23.3. The molecule has 2 fully saturated rings. The zero-order valence-corrected chi connectivity index (χ0v) is 23.3. The fourth-order valence-electron chi connectivity index (χ4n) is 4.97. The van der Waals surface area contributed by atoms with Gasteiger partial charge >= 0.3 is 0 Å². The van der Waals surface area contributed by atoms with Crippen LogP contribution in [-0.2, 0) is 9.47 Å². The fourth-order valence-corrected chi connectivity index (χ4v) is 4.97. The van der Waals surface area contributed by atoms with Crippen LogP contribution < -0.4 is 19.6 Å². The second-order valence-electron chi connectivity index (χ2n) is 10.4. The van der Waals surface area contributed by atoms with Crippen molar-refractivity contribution in [3.8, 4) is 40.1 Å². The number of hydrogen-bond acceptors (Lipinski definition) is 16. The van der Waals surface area contributed by atoms with E-state index in [9.17, 15) is 50.8 Å². The summed E-state index contributed by atoms with van der Waals surface area (Å²) >= 11 is 0. The Hall–Kier alpha value is -3.71. The number of ether oxygens (including phenoxy) is 5. The van der Waals surface area contributed by atoms with Gasteiger partial charge in [-0.1, -0.05) is 0 Å². The van der Waals surface area contributed by atoms with Crippen LogP contribution in [0, 0.1) is 0 Å². The lowest BCUT2D eigenvalue weighted by Crippen LogP contribution is -2.60. The third kappa shape index (κ3) is 5.63. The van der Waals surface area contributed by atoms with E-state index in [0.717, 1.165) is 6.07 Å². The number of methoxy groups -OCH3 is 1. The number of aromatic hydroxyl groups is 2. The molecule has 16 heteroatoms. The highest BCUT2D eigenvalue weighted by atomic mass is 16.7. The molecule has 0 saturated carbocycles. The van der Waals surface area contributed by atoms with Crippen LogP contribution in [0.25, 0.3) is 22.3 Å². The number of aliphatic hydroxyl groups excluding tert-OH is 7. The molecule has 10 atom stereocenters. The summed E-state index contributed by atoms with van der Waals surface area (Å²) in [7, 11) is 1.28. The van der Waals surface area contributed by atoms with Gasteiger partial charge in [0.1, 0.15) is 65.2 Å². The predicted octanol–water partition coefficient (Wildman–Crippen LogP) is -1.74. The Balaban J connectivity index is 1.62. The second kappa shape index (κ2) is 12.4. The van der Waals surface area contributed by atoms with Crippen LogP contribution in [0.2, 0.25) is 0 Å². The molecule has 0 radical (unpaired) electrons. The van der Waals surface area contributed by atoms with E-state index in [4.69, 9.17) is 28.1 Å². The highest BCUT2D eigenvalue weighted by Gasteiger charge is 2.46. The minimum atomic E-state index is -1.90. The predicted molar refractivity (Wildman–Crippen MR) is 145 cm³/mol. The summed E-state index contributed by atoms with van der Waals surface area (Å²) in [6.07, 6.45) is -15.7. The molecule has 240 valence electrons. The molecule has 3 aromatic rings. The molecular weight excluding hydrogens is 592 g/mol. The van der Waals surface area contributed by atoms with E-state index in [0.29, 0.717) is 0 Å². The zero-order chi connectivity index (χ0) is 32.0. The Labute approximate surface area is 248 Å². The topological polar surface area (TPSA) is 258 Å². The van der Waals surface area contributed by atoms with Crippen molar-refractivity contribution in [1.29, 1.82) is 0 Å². The van der Waals surface area contributed by atoms with Crippen molar-refractivity contribution in [2.24, 2.45) is 0 Å². The first kappa shape index (κ1) is 31.7. The largest absolute Gasteiger partial charge is 0.507 e. The van der Waals surface area contributed by atoms with Gasteiger partial charge < -0.3 is 74.1 Å². The highest BCUT2D eigenvalue weighted by molar-refractivity contribution is 5.88. The van der Waals surface area contributed by atoms with E-state index in [-0.39, 0.29) is 34.2 Å². The summed E-state index contributed by atoms with van der Waals surface area (Å²) < 4.78 is 33.3. The van der Waals surface area contributed by atoms with Gasteiger partial charge in [0.2, 0.25) is 23.8 Å². The Bertz CT molecular complexity index is 1550. The molecule has 1 aromatic heterocycles. The molecule has 44 heavy (non-hydrogen) atoms. The van der Waals surface area contributed by atoms with Crippen molar-refractivity contribution in [2.75, 3.05) is 13.7 Å². The first-order chi connectivity index (χ1) is 20.9. The number of phenolic OH excluding ortho intramolecular Hbond substituents is 2. The Morgan fingerprint density at radius 1 is 0.795 bits per heavy atom. The molecule has 0 aliphatic carbocycles. The van der Waals surface area contributed by atoms with Gasteiger partial charge in [-0.15, -0.1) is 0 Å². The second-order valence-corrected chi connectivity index (χ2v) is 10.4. The molecule has 2 aromatic carbocycles. The molecule has 0 spiro atoms. The summed E-state index contributed by atoms with van der Waals surface area (Å²) in [4.78, 5) is 13.8. The summed E-state index contributed by atoms with van der Waals surface area (Å²) in [6, 6.07) is 6.03. The maximum Gasteiger partial charge on any atom is 0.239 e. The number of hydrogen-bond donors (Lipinski definition) is 9. The van der Waals surface area contributed by atoms with E-state index in [1.165, 1.54) is 38.3 Å². The van der Waals surface area contributed by atoms with Crippen molar-refractivity contribution in [2.45, 2.75) is 68.3 Å². The Kier molecular flexibility index (Phi) is 8.90. The minimum absolute atomic E-state index is 0.0257. The van der Waals surface area contributed by atoms with Gasteiger partial charge in [-0.05, 0) is 25.1 Å². The summed E-state index contributed by atoms with van der Waals surface area (Å²) in [6.45, 7) is 0.680. The van der Waals surface area contributed by atoms with Crippen LogP contribution in [-0.4, -0.2) is 121 Å². The third-order valence-corrected chi connectivity index (χ3v) is 7.49. The van der Waals surface area contributed by atoms with Gasteiger partial charge in [0, 0.05) is 17.7 Å². The number of benzene rings is 2. The van der Waals surface area contributed by atoms with E-state index in [2.05, 4.69) is 0 Å². The average Bonchev–Trinajstić information content (AvgIpc) is 3.00. The fraction of sp³-hybridized carbons (Fsp3) is 0.464. The van der Waals surface area contributed by atoms with Gasteiger partial charge in [0.25, 0.3) is 0 Å². The Morgan fingerprint density at radius 2 is 1.45 bits per heavy atom. The lowest BCUT2D eigenvalue weighted by Gasteiger charge is -2.39. The first-order valence-corrected chi connectivity index (χ1v) is 13.4. The molecule has 0 unspecified atom stereocenters. The Morgan fingerprint density at radius 3 is 2.11 bits per heavy atom. The smallest absolute Gasteiger partial charge is 0.239 e. The standard InChI is InChI=1S/C28H32O16/c1-9-18(32)21(35)23(37)27(40-9)41-11-6-13(31)17-15(7-11)42-25(10-3-4-12(30)14(5-10)39-2)26(20(17)34)44-28-24(38)22(36)19(33)16(8-29)43-28/h3-7,9,16,18-19,21-24,27-33,35-38H,8H2,1-2H3/t9-,16+,18-,19-,21+,22-,23+,24+,27-,28-/m0/s1. The maximum absolute atomic E-state index is 13.8. The molecule has 2 aliphatic heterocycles. The van der Waals surface area contributed by atoms with Gasteiger partial charge in [0.15, 0.2) is 17.3 Å². The SMILES string of the molecule is COc1cc(-c2oc3cc(O[C@@H]4O[C@@H](C)[C@H](O)[C@@H](O)[C@H]4O)cc(O)c3c(=O)c2O[C@@H]2O[C@H](CO)[C@H](O)[C@H](O)[C@H]2O)ccc1O. The molecule has 3 heterocycles. The molecule has 2 saturated heterocycles. The quantitative estimate of drug-likeness (QED) is 0.141. The molecular formula is C28H32O16. The molecule has 0 amide bonds. The maximum atomic E-state index is 13.8. The molecule has 0 bridgehead atoms. The van der Waals surface area contributed by atoms with Gasteiger partial charge in [-0.25, -0.2) is 0 Å². The van der Waals surface area contributed by atoms with Gasteiger partial charge in [-0.2, -0.15) is 0 Å². The number of rotatable bonds is 7. The molecule has 9 N–H and O–H groups in total. The molecule has 5 rings (SSSR count). The van der Waals surface area contributed by atoms with Crippen LogP contribution in [0.15, 0.2) is 39.5 Å². The lowest BCUT2D eigenvalue weighted by molar-refractivity contribution is -0.277. The van der Waals surface area contributed by atoms with Crippen molar-refractivity contribution >= 4 is 11.0 Å². The summed E-state index contributed by atoms with van der Waals surface area (Å²) in [5.74, 6) is -2.08. The summed E-state index contributed by atoms with van der Waals surface area (Å²) in [5.41, 5.74) is -1.16. The monoisotopic (exact) mass is 624 g/mol. The number of aliphatic hydroxyl groups is 7. The van der Waals surface area contributed by atoms with Crippen molar-refractivity contribution < 1.29 is 74.1 Å². The van der Waals surface area contributed by atoms with E-state index >= 15 is 0 Å². The molecule has 2 aliphatic rings. The van der Waals surface area contributed by atoms with Crippen LogP contribution in [0.5, 0.6) is 28.7 Å². The van der Waals surface area contributed by atoms with Gasteiger partial charge in [-0.3, -0.25) is 4.79 Å². The minimum Gasteiger partial charge on any atom is -0.507 e. The van der Waals surface area contributed by atoms with E-state index < -0.39 is 90.3 Å². The van der Waals surface area contributed by atoms with Crippen molar-refractivity contribution in [3.05, 3.63) is 40.6 Å². The molecule has 16 nitrogen and oxygen atoms in total. The van der Waals surface area contributed by atoms with E-state index in [1.54, 1.807) is 0 Å². The van der Waals surface area contributed by atoms with Crippen LogP contribution >= 0.6 is 0 Å². The van der Waals surface area contributed by atoms with Gasteiger partial charge in [0.05, 0.1) is 19.8 Å². The number of fused-ring (bicyclic) bond motifs is 1. The normalized spacial score (nSPS) is 32.4. The average molecular weight is 625 g/mol. The van der Waals surface area contributed by atoms with Crippen molar-refractivity contribution in [1.82, 2.24) is 0 Å². The van der Waals surface area contributed by atoms with Crippen LogP contribution in [0.1, 0.15) is 6.92 Å². The summed E-state index contributed by atoms with van der Waals surface area (Å²) in [5, 5.41) is 91.4. The highest BCUT2D eigenvalue weighted by Crippen LogP contribution is 2.40. The van der Waals surface area contributed by atoms with Crippen molar-refractivity contribution in [3.63, 3.8) is 0 Å².